The fourth-order valence-electron chi connectivity index (χ4n) is 3.72. The van der Waals surface area contributed by atoms with Gasteiger partial charge < -0.3 is 10.2 Å². The molecule has 0 amide bonds. The molecule has 0 aromatic heterocycles. The van der Waals surface area contributed by atoms with Crippen molar-refractivity contribution in [3.8, 4) is 0 Å². The molecular formula is C16H33N3. The molecule has 2 unspecified atom stereocenters. The van der Waals surface area contributed by atoms with Crippen LogP contribution >= 0.6 is 0 Å². The average molecular weight is 267 g/mol. The number of hydrogen-bond acceptors (Lipinski definition) is 3. The van der Waals surface area contributed by atoms with Crippen LogP contribution in [0.2, 0.25) is 0 Å². The van der Waals surface area contributed by atoms with Crippen LogP contribution in [0.15, 0.2) is 0 Å². The zero-order valence-electron chi connectivity index (χ0n) is 13.0. The molecular weight excluding hydrogens is 234 g/mol. The van der Waals surface area contributed by atoms with Crippen molar-refractivity contribution in [2.45, 2.75) is 64.5 Å². The first-order chi connectivity index (χ1) is 9.33. The molecule has 0 aromatic carbocycles. The van der Waals surface area contributed by atoms with E-state index in [0.717, 1.165) is 6.04 Å². The minimum absolute atomic E-state index is 0.706. The van der Waals surface area contributed by atoms with Crippen LogP contribution in [0.5, 0.6) is 0 Å². The second-order valence-electron chi connectivity index (χ2n) is 6.38. The SMILES string of the molecule is CCCNC(CCC)CN1CCCN2CCCC2C1. The van der Waals surface area contributed by atoms with Gasteiger partial charge in [0.1, 0.15) is 0 Å². The number of nitrogens with zero attached hydrogens (tertiary/aromatic N) is 2. The molecule has 0 bridgehead atoms. The third kappa shape index (κ3) is 4.73. The van der Waals surface area contributed by atoms with Crippen LogP contribution in [0.3, 0.4) is 0 Å². The summed E-state index contributed by atoms with van der Waals surface area (Å²) in [5, 5.41) is 3.74. The Morgan fingerprint density at radius 3 is 2.74 bits per heavy atom. The average Bonchev–Trinajstić information content (AvgIpc) is 2.75. The van der Waals surface area contributed by atoms with Crippen LogP contribution in [0.4, 0.5) is 0 Å². The molecule has 3 heteroatoms. The van der Waals surface area contributed by atoms with Crippen molar-refractivity contribution in [3.05, 3.63) is 0 Å². The number of fused-ring (bicyclic) bond motifs is 1. The van der Waals surface area contributed by atoms with Gasteiger partial charge in [-0.1, -0.05) is 20.3 Å². The zero-order valence-corrected chi connectivity index (χ0v) is 13.0. The predicted octanol–water partition coefficient (Wildman–Crippen LogP) is 2.32. The Balaban J connectivity index is 1.81. The van der Waals surface area contributed by atoms with Crippen LogP contribution in [0.25, 0.3) is 0 Å². The molecule has 2 heterocycles. The summed E-state index contributed by atoms with van der Waals surface area (Å²) in [6, 6.07) is 1.56. The molecule has 1 N–H and O–H groups in total. The van der Waals surface area contributed by atoms with Gasteiger partial charge in [-0.05, 0) is 58.3 Å². The van der Waals surface area contributed by atoms with Crippen molar-refractivity contribution in [3.63, 3.8) is 0 Å². The topological polar surface area (TPSA) is 18.5 Å². The van der Waals surface area contributed by atoms with Gasteiger partial charge in [0.15, 0.2) is 0 Å². The molecule has 19 heavy (non-hydrogen) atoms. The highest BCUT2D eigenvalue weighted by Gasteiger charge is 2.29. The van der Waals surface area contributed by atoms with E-state index in [9.17, 15) is 0 Å². The Bertz CT molecular complexity index is 244. The molecule has 2 saturated heterocycles. The van der Waals surface area contributed by atoms with Crippen molar-refractivity contribution in [1.82, 2.24) is 15.1 Å². The van der Waals surface area contributed by atoms with Crippen LogP contribution in [-0.2, 0) is 0 Å². The second kappa shape index (κ2) is 8.23. The molecule has 3 nitrogen and oxygen atoms in total. The lowest BCUT2D eigenvalue weighted by molar-refractivity contribution is 0.202. The quantitative estimate of drug-likeness (QED) is 0.764. The van der Waals surface area contributed by atoms with Crippen LogP contribution < -0.4 is 5.32 Å². The van der Waals surface area contributed by atoms with Gasteiger partial charge in [-0.3, -0.25) is 4.90 Å². The number of nitrogens with one attached hydrogen (secondary N) is 1. The second-order valence-corrected chi connectivity index (χ2v) is 6.38. The van der Waals surface area contributed by atoms with Crippen molar-refractivity contribution in [1.29, 1.82) is 0 Å². The molecule has 112 valence electrons. The van der Waals surface area contributed by atoms with E-state index in [1.807, 2.05) is 0 Å². The third-order valence-electron chi connectivity index (χ3n) is 4.69. The van der Waals surface area contributed by atoms with E-state index < -0.39 is 0 Å². The Hall–Kier alpha value is -0.120. The van der Waals surface area contributed by atoms with E-state index in [4.69, 9.17) is 0 Å². The van der Waals surface area contributed by atoms with Gasteiger partial charge in [0.05, 0.1) is 0 Å². The summed E-state index contributed by atoms with van der Waals surface area (Å²) in [6.45, 7) is 12.3. The van der Waals surface area contributed by atoms with Crippen molar-refractivity contribution >= 4 is 0 Å². The maximum absolute atomic E-state index is 3.74. The minimum atomic E-state index is 0.706. The van der Waals surface area contributed by atoms with Gasteiger partial charge in [0.25, 0.3) is 0 Å². The highest BCUT2D eigenvalue weighted by molar-refractivity contribution is 4.86. The van der Waals surface area contributed by atoms with Crippen molar-refractivity contribution in [2.75, 3.05) is 39.3 Å². The van der Waals surface area contributed by atoms with Crippen LogP contribution in [0.1, 0.15) is 52.4 Å². The van der Waals surface area contributed by atoms with Gasteiger partial charge >= 0.3 is 0 Å². The normalized spacial score (nSPS) is 27.2. The predicted molar refractivity (Wildman–Crippen MR) is 82.6 cm³/mol. The summed E-state index contributed by atoms with van der Waals surface area (Å²) in [6.07, 6.45) is 8.08. The van der Waals surface area contributed by atoms with Gasteiger partial charge in [0, 0.05) is 25.2 Å². The molecule has 2 atom stereocenters. The first-order valence-corrected chi connectivity index (χ1v) is 8.53. The summed E-state index contributed by atoms with van der Waals surface area (Å²) < 4.78 is 0. The Kier molecular flexibility index (Phi) is 6.62. The Labute approximate surface area is 119 Å². The largest absolute Gasteiger partial charge is 0.313 e. The summed E-state index contributed by atoms with van der Waals surface area (Å²) in [5.74, 6) is 0. The molecule has 2 rings (SSSR count). The van der Waals surface area contributed by atoms with E-state index in [-0.39, 0.29) is 0 Å². The molecule has 0 saturated carbocycles. The molecule has 0 spiro atoms. The van der Waals surface area contributed by atoms with Crippen molar-refractivity contribution in [2.24, 2.45) is 0 Å². The lowest BCUT2D eigenvalue weighted by atomic mass is 10.1. The van der Waals surface area contributed by atoms with E-state index in [0.29, 0.717) is 6.04 Å². The molecule has 0 aromatic rings. The fourth-order valence-corrected chi connectivity index (χ4v) is 3.72. The van der Waals surface area contributed by atoms with E-state index in [1.165, 1.54) is 77.8 Å². The minimum Gasteiger partial charge on any atom is -0.313 e. The van der Waals surface area contributed by atoms with Crippen LogP contribution in [0, 0.1) is 0 Å². The summed E-state index contributed by atoms with van der Waals surface area (Å²) in [7, 11) is 0. The zero-order chi connectivity index (χ0) is 13.5. The van der Waals surface area contributed by atoms with Crippen molar-refractivity contribution < 1.29 is 0 Å². The third-order valence-corrected chi connectivity index (χ3v) is 4.69. The summed E-state index contributed by atoms with van der Waals surface area (Å²) in [4.78, 5) is 5.47. The highest BCUT2D eigenvalue weighted by Crippen LogP contribution is 2.21. The lowest BCUT2D eigenvalue weighted by Gasteiger charge is -2.29. The van der Waals surface area contributed by atoms with Gasteiger partial charge in [-0.2, -0.15) is 0 Å². The van der Waals surface area contributed by atoms with E-state index in [2.05, 4.69) is 29.0 Å². The summed E-state index contributed by atoms with van der Waals surface area (Å²) >= 11 is 0. The maximum Gasteiger partial charge on any atom is 0.0223 e. The molecule has 0 aliphatic carbocycles. The number of rotatable bonds is 7. The van der Waals surface area contributed by atoms with Crippen LogP contribution in [-0.4, -0.2) is 61.2 Å². The molecule has 2 aliphatic heterocycles. The maximum atomic E-state index is 3.74. The van der Waals surface area contributed by atoms with Gasteiger partial charge in [0.2, 0.25) is 0 Å². The van der Waals surface area contributed by atoms with E-state index >= 15 is 0 Å². The highest BCUT2D eigenvalue weighted by atomic mass is 15.3. The molecule has 2 fully saturated rings. The molecule has 2 aliphatic rings. The number of hydrogen-bond donors (Lipinski definition) is 1. The van der Waals surface area contributed by atoms with Gasteiger partial charge in [-0.25, -0.2) is 0 Å². The van der Waals surface area contributed by atoms with Gasteiger partial charge in [-0.15, -0.1) is 0 Å². The van der Waals surface area contributed by atoms with E-state index in [1.54, 1.807) is 0 Å². The standard InChI is InChI=1S/C16H33N3/c1-3-7-15(17-9-4-2)13-18-10-6-12-19-11-5-8-16(19)14-18/h15-17H,3-14H2,1-2H3. The first kappa shape index (κ1) is 15.3. The summed E-state index contributed by atoms with van der Waals surface area (Å²) in [5.41, 5.74) is 0. The smallest absolute Gasteiger partial charge is 0.0223 e. The monoisotopic (exact) mass is 267 g/mol. The fraction of sp³-hybridized carbons (Fsp3) is 1.00. The lowest BCUT2D eigenvalue weighted by Crippen LogP contribution is -2.44. The Morgan fingerprint density at radius 1 is 1.11 bits per heavy atom. The molecule has 0 radical (unpaired) electrons. The Morgan fingerprint density at radius 2 is 1.95 bits per heavy atom. The first-order valence-electron chi connectivity index (χ1n) is 8.53.